The number of ketones is 1. The normalized spacial score (nSPS) is 15.9. The molecule has 0 atom stereocenters. The van der Waals surface area contributed by atoms with Crippen molar-refractivity contribution in [2.75, 3.05) is 0 Å². The molecule has 2 rings (SSSR count). The van der Waals surface area contributed by atoms with Crippen LogP contribution in [0.1, 0.15) is 42.5 Å². The van der Waals surface area contributed by atoms with Crippen molar-refractivity contribution < 1.29 is 4.79 Å². The number of allylic oxidation sites excluding steroid dienone is 2. The summed E-state index contributed by atoms with van der Waals surface area (Å²) >= 11 is 0. The van der Waals surface area contributed by atoms with E-state index in [1.54, 1.807) is 12.4 Å². The van der Waals surface area contributed by atoms with Crippen molar-refractivity contribution in [1.29, 1.82) is 0 Å². The Balaban J connectivity index is 2.01. The summed E-state index contributed by atoms with van der Waals surface area (Å²) in [6, 6.07) is 3.64. The van der Waals surface area contributed by atoms with E-state index in [1.807, 2.05) is 12.1 Å². The van der Waals surface area contributed by atoms with Crippen LogP contribution in [0, 0.1) is 0 Å². The fourth-order valence-electron chi connectivity index (χ4n) is 1.90. The Morgan fingerprint density at radius 3 is 3.00 bits per heavy atom. The van der Waals surface area contributed by atoms with Gasteiger partial charge in [0.15, 0.2) is 5.78 Å². The summed E-state index contributed by atoms with van der Waals surface area (Å²) in [5, 5.41) is 0. The van der Waals surface area contributed by atoms with E-state index in [9.17, 15) is 4.79 Å². The van der Waals surface area contributed by atoms with E-state index < -0.39 is 0 Å². The molecule has 0 amide bonds. The van der Waals surface area contributed by atoms with Crippen LogP contribution in [-0.2, 0) is 0 Å². The summed E-state index contributed by atoms with van der Waals surface area (Å²) in [5.41, 5.74) is 2.03. The summed E-state index contributed by atoms with van der Waals surface area (Å²) in [5.74, 6) is 0.191. The second-order valence-electron chi connectivity index (χ2n) is 3.95. The highest BCUT2D eigenvalue weighted by molar-refractivity contribution is 5.97. The van der Waals surface area contributed by atoms with E-state index in [-0.39, 0.29) is 5.78 Å². The molecule has 0 aromatic carbocycles. The zero-order valence-electron chi connectivity index (χ0n) is 8.78. The highest BCUT2D eigenvalue weighted by atomic mass is 16.1. The molecule has 1 aromatic heterocycles. The standard InChI is InChI=1S/C13H15NO/c15-13(12-7-4-8-14-10-12)9-11-5-2-1-3-6-11/h4-5,7-8,10H,1-3,6,9H2. The molecular weight excluding hydrogens is 186 g/mol. The van der Waals surface area contributed by atoms with E-state index in [0.717, 1.165) is 18.4 Å². The molecule has 2 nitrogen and oxygen atoms in total. The Bertz CT molecular complexity index is 367. The van der Waals surface area contributed by atoms with Gasteiger partial charge in [-0.25, -0.2) is 0 Å². The molecule has 0 radical (unpaired) electrons. The molecule has 1 heterocycles. The van der Waals surface area contributed by atoms with E-state index in [2.05, 4.69) is 11.1 Å². The van der Waals surface area contributed by atoms with Gasteiger partial charge in [-0.15, -0.1) is 0 Å². The summed E-state index contributed by atoms with van der Waals surface area (Å²) in [4.78, 5) is 15.8. The number of pyridine rings is 1. The molecule has 0 spiro atoms. The van der Waals surface area contributed by atoms with Crippen LogP contribution in [0.25, 0.3) is 0 Å². The number of aromatic nitrogens is 1. The first-order valence-corrected chi connectivity index (χ1v) is 5.47. The maximum atomic E-state index is 11.8. The monoisotopic (exact) mass is 201 g/mol. The average Bonchev–Trinajstić information content (AvgIpc) is 2.31. The van der Waals surface area contributed by atoms with Crippen molar-refractivity contribution in [3.05, 3.63) is 41.7 Å². The lowest BCUT2D eigenvalue weighted by Crippen LogP contribution is -2.03. The first-order chi connectivity index (χ1) is 7.36. The minimum atomic E-state index is 0.191. The van der Waals surface area contributed by atoms with Crippen molar-refractivity contribution in [2.45, 2.75) is 32.1 Å². The third kappa shape index (κ3) is 2.75. The molecule has 1 aromatic rings. The van der Waals surface area contributed by atoms with E-state index >= 15 is 0 Å². The quantitative estimate of drug-likeness (QED) is 0.555. The van der Waals surface area contributed by atoms with Gasteiger partial charge >= 0.3 is 0 Å². The van der Waals surface area contributed by atoms with Crippen LogP contribution < -0.4 is 0 Å². The fourth-order valence-corrected chi connectivity index (χ4v) is 1.90. The first-order valence-electron chi connectivity index (χ1n) is 5.47. The van der Waals surface area contributed by atoms with E-state index in [0.29, 0.717) is 6.42 Å². The summed E-state index contributed by atoms with van der Waals surface area (Å²) < 4.78 is 0. The van der Waals surface area contributed by atoms with E-state index in [1.165, 1.54) is 18.4 Å². The van der Waals surface area contributed by atoms with Crippen LogP contribution >= 0.6 is 0 Å². The second-order valence-corrected chi connectivity index (χ2v) is 3.95. The number of carbonyl (C=O) groups excluding carboxylic acids is 1. The van der Waals surface area contributed by atoms with Crippen LogP contribution in [0.5, 0.6) is 0 Å². The molecule has 0 fully saturated rings. The van der Waals surface area contributed by atoms with Crippen molar-refractivity contribution in [3.63, 3.8) is 0 Å². The third-order valence-corrected chi connectivity index (χ3v) is 2.76. The lowest BCUT2D eigenvalue weighted by molar-refractivity contribution is 0.0991. The number of Topliss-reactive ketones (excluding diaryl/α,β-unsaturated/α-hetero) is 1. The predicted octanol–water partition coefficient (Wildman–Crippen LogP) is 3.15. The maximum absolute atomic E-state index is 11.8. The van der Waals surface area contributed by atoms with Gasteiger partial charge in [0.25, 0.3) is 0 Å². The topological polar surface area (TPSA) is 30.0 Å². The summed E-state index contributed by atoms with van der Waals surface area (Å²) in [7, 11) is 0. The van der Waals surface area contributed by atoms with Gasteiger partial charge in [0.1, 0.15) is 0 Å². The molecular formula is C13H15NO. The van der Waals surface area contributed by atoms with Crippen LogP contribution in [0.3, 0.4) is 0 Å². The highest BCUT2D eigenvalue weighted by Gasteiger charge is 2.10. The molecule has 78 valence electrons. The van der Waals surface area contributed by atoms with Gasteiger partial charge in [0, 0.05) is 24.4 Å². The predicted molar refractivity (Wildman–Crippen MR) is 59.7 cm³/mol. The number of rotatable bonds is 3. The first kappa shape index (κ1) is 10.1. The smallest absolute Gasteiger partial charge is 0.168 e. The highest BCUT2D eigenvalue weighted by Crippen LogP contribution is 2.21. The van der Waals surface area contributed by atoms with Crippen LogP contribution in [0.4, 0.5) is 0 Å². The van der Waals surface area contributed by atoms with Gasteiger partial charge < -0.3 is 0 Å². The van der Waals surface area contributed by atoms with Crippen LogP contribution in [0.15, 0.2) is 36.2 Å². The van der Waals surface area contributed by atoms with Gasteiger partial charge in [-0.05, 0) is 37.8 Å². The zero-order chi connectivity index (χ0) is 10.5. The molecule has 0 N–H and O–H groups in total. The van der Waals surface area contributed by atoms with Gasteiger partial charge in [-0.3, -0.25) is 9.78 Å². The molecule has 0 aliphatic heterocycles. The Morgan fingerprint density at radius 2 is 2.33 bits per heavy atom. The van der Waals surface area contributed by atoms with Gasteiger partial charge in [-0.2, -0.15) is 0 Å². The molecule has 1 aliphatic carbocycles. The molecule has 1 aliphatic rings. The van der Waals surface area contributed by atoms with Crippen LogP contribution in [0.2, 0.25) is 0 Å². The summed E-state index contributed by atoms with van der Waals surface area (Å²) in [6.07, 6.45) is 10.9. The van der Waals surface area contributed by atoms with Gasteiger partial charge in [-0.1, -0.05) is 11.6 Å². The second kappa shape index (κ2) is 4.87. The van der Waals surface area contributed by atoms with Crippen molar-refractivity contribution in [1.82, 2.24) is 4.98 Å². The number of hydrogen-bond acceptors (Lipinski definition) is 2. The minimum absolute atomic E-state index is 0.191. The molecule has 0 bridgehead atoms. The molecule has 0 saturated heterocycles. The number of nitrogens with zero attached hydrogens (tertiary/aromatic N) is 1. The van der Waals surface area contributed by atoms with Crippen molar-refractivity contribution >= 4 is 5.78 Å². The third-order valence-electron chi connectivity index (χ3n) is 2.76. The number of hydrogen-bond donors (Lipinski definition) is 0. The Kier molecular flexibility index (Phi) is 3.28. The Labute approximate surface area is 90.0 Å². The number of carbonyl (C=O) groups is 1. The van der Waals surface area contributed by atoms with Gasteiger partial charge in [0.2, 0.25) is 0 Å². The largest absolute Gasteiger partial charge is 0.294 e. The Morgan fingerprint density at radius 1 is 1.40 bits per heavy atom. The van der Waals surface area contributed by atoms with Crippen LogP contribution in [-0.4, -0.2) is 10.8 Å². The van der Waals surface area contributed by atoms with Crippen molar-refractivity contribution in [2.24, 2.45) is 0 Å². The fraction of sp³-hybridized carbons (Fsp3) is 0.385. The van der Waals surface area contributed by atoms with E-state index in [4.69, 9.17) is 0 Å². The summed E-state index contributed by atoms with van der Waals surface area (Å²) in [6.45, 7) is 0. The van der Waals surface area contributed by atoms with Gasteiger partial charge in [0.05, 0.1) is 0 Å². The molecule has 2 heteroatoms. The molecule has 0 saturated carbocycles. The maximum Gasteiger partial charge on any atom is 0.168 e. The lowest BCUT2D eigenvalue weighted by Gasteiger charge is -2.11. The minimum Gasteiger partial charge on any atom is -0.294 e. The average molecular weight is 201 g/mol. The molecule has 15 heavy (non-hydrogen) atoms. The zero-order valence-corrected chi connectivity index (χ0v) is 8.78. The van der Waals surface area contributed by atoms with Crippen molar-refractivity contribution in [3.8, 4) is 0 Å². The molecule has 0 unspecified atom stereocenters. The SMILES string of the molecule is O=C(CC1=CCCCC1)c1cccnc1. The lowest BCUT2D eigenvalue weighted by atomic mass is 9.94. The Hall–Kier alpha value is -1.44.